The number of methoxy groups -OCH3 is 1. The molecule has 0 amide bonds. The van der Waals surface area contributed by atoms with E-state index in [9.17, 15) is 4.39 Å². The minimum atomic E-state index is -0.255. The van der Waals surface area contributed by atoms with Crippen molar-refractivity contribution in [3.05, 3.63) is 29.6 Å². The first-order valence-corrected chi connectivity index (χ1v) is 4.19. The van der Waals surface area contributed by atoms with Crippen molar-refractivity contribution >= 4 is 11.6 Å². The standard InChI is InChI=1S/C9H10ClFO/c1-12-8-3-2-7(4-5-10)9(11)6-8/h2-3,6H,4-5H2,1H3. The third-order valence-corrected chi connectivity index (χ3v) is 1.81. The number of hydrogen-bond donors (Lipinski definition) is 0. The lowest BCUT2D eigenvalue weighted by atomic mass is 10.1. The third-order valence-electron chi connectivity index (χ3n) is 1.62. The average Bonchev–Trinajstić information content (AvgIpc) is 2.09. The van der Waals surface area contributed by atoms with Gasteiger partial charge in [-0.1, -0.05) is 6.07 Å². The normalized spacial score (nSPS) is 9.92. The molecule has 66 valence electrons. The predicted molar refractivity (Wildman–Crippen MR) is 47.4 cm³/mol. The van der Waals surface area contributed by atoms with Crippen LogP contribution in [0.2, 0.25) is 0 Å². The molecule has 1 aromatic rings. The highest BCUT2D eigenvalue weighted by Gasteiger charge is 2.02. The lowest BCUT2D eigenvalue weighted by Gasteiger charge is -2.03. The summed E-state index contributed by atoms with van der Waals surface area (Å²) in [4.78, 5) is 0. The van der Waals surface area contributed by atoms with E-state index in [1.165, 1.54) is 13.2 Å². The molecule has 0 aliphatic rings. The molecule has 1 nitrogen and oxygen atoms in total. The van der Waals surface area contributed by atoms with Gasteiger partial charge in [0, 0.05) is 11.9 Å². The Morgan fingerprint density at radius 3 is 2.75 bits per heavy atom. The third kappa shape index (κ3) is 2.11. The maximum Gasteiger partial charge on any atom is 0.130 e. The molecule has 0 saturated carbocycles. The summed E-state index contributed by atoms with van der Waals surface area (Å²) in [5.74, 6) is 0.712. The fourth-order valence-corrected chi connectivity index (χ4v) is 1.16. The smallest absolute Gasteiger partial charge is 0.130 e. The molecule has 0 N–H and O–H groups in total. The summed E-state index contributed by atoms with van der Waals surface area (Å²) in [6.07, 6.45) is 0.553. The van der Waals surface area contributed by atoms with Gasteiger partial charge in [-0.15, -0.1) is 11.6 Å². The van der Waals surface area contributed by atoms with Gasteiger partial charge < -0.3 is 4.74 Å². The molecule has 0 saturated heterocycles. The first kappa shape index (κ1) is 9.33. The fourth-order valence-electron chi connectivity index (χ4n) is 0.960. The van der Waals surface area contributed by atoms with E-state index in [2.05, 4.69) is 0 Å². The quantitative estimate of drug-likeness (QED) is 0.663. The van der Waals surface area contributed by atoms with Crippen LogP contribution in [-0.4, -0.2) is 13.0 Å². The van der Waals surface area contributed by atoms with E-state index >= 15 is 0 Å². The van der Waals surface area contributed by atoms with Crippen LogP contribution < -0.4 is 4.74 Å². The summed E-state index contributed by atoms with van der Waals surface area (Å²) in [6.45, 7) is 0. The zero-order valence-corrected chi connectivity index (χ0v) is 7.57. The molecular formula is C9H10ClFO. The number of hydrogen-bond acceptors (Lipinski definition) is 1. The number of halogens is 2. The van der Waals surface area contributed by atoms with E-state index in [4.69, 9.17) is 16.3 Å². The molecule has 0 radical (unpaired) electrons. The lowest BCUT2D eigenvalue weighted by Crippen LogP contribution is -1.92. The topological polar surface area (TPSA) is 9.23 Å². The van der Waals surface area contributed by atoms with Gasteiger partial charge in [-0.05, 0) is 18.1 Å². The summed E-state index contributed by atoms with van der Waals surface area (Å²) >= 11 is 5.48. The lowest BCUT2D eigenvalue weighted by molar-refractivity contribution is 0.411. The van der Waals surface area contributed by atoms with E-state index in [-0.39, 0.29) is 5.82 Å². The van der Waals surface area contributed by atoms with Crippen LogP contribution in [0.3, 0.4) is 0 Å². The van der Waals surface area contributed by atoms with Gasteiger partial charge in [-0.25, -0.2) is 4.39 Å². The van der Waals surface area contributed by atoms with E-state index in [0.29, 0.717) is 23.6 Å². The van der Waals surface area contributed by atoms with Gasteiger partial charge in [0.25, 0.3) is 0 Å². The van der Waals surface area contributed by atoms with Gasteiger partial charge in [0.1, 0.15) is 11.6 Å². The van der Waals surface area contributed by atoms with Crippen molar-refractivity contribution in [2.24, 2.45) is 0 Å². The molecule has 0 spiro atoms. The van der Waals surface area contributed by atoms with E-state index in [0.717, 1.165) is 0 Å². The van der Waals surface area contributed by atoms with Crippen LogP contribution in [0.5, 0.6) is 5.75 Å². The second-order valence-electron chi connectivity index (χ2n) is 2.40. The average molecular weight is 189 g/mol. The molecule has 12 heavy (non-hydrogen) atoms. The maximum absolute atomic E-state index is 13.1. The van der Waals surface area contributed by atoms with Crippen LogP contribution in [0.4, 0.5) is 4.39 Å². The Morgan fingerprint density at radius 1 is 1.50 bits per heavy atom. The number of benzene rings is 1. The van der Waals surface area contributed by atoms with E-state index in [1.807, 2.05) is 0 Å². The molecule has 1 aromatic carbocycles. The molecule has 0 aromatic heterocycles. The Labute approximate surface area is 76.1 Å². The van der Waals surface area contributed by atoms with Crippen molar-refractivity contribution in [1.82, 2.24) is 0 Å². The molecule has 0 unspecified atom stereocenters. The highest BCUT2D eigenvalue weighted by molar-refractivity contribution is 6.17. The van der Waals surface area contributed by atoms with E-state index < -0.39 is 0 Å². The summed E-state index contributed by atoms with van der Waals surface area (Å²) < 4.78 is 17.9. The van der Waals surface area contributed by atoms with Gasteiger partial charge in [0.05, 0.1) is 7.11 Å². The van der Waals surface area contributed by atoms with Crippen molar-refractivity contribution in [3.8, 4) is 5.75 Å². The minimum Gasteiger partial charge on any atom is -0.497 e. The Balaban J connectivity index is 2.87. The molecule has 0 aliphatic heterocycles. The van der Waals surface area contributed by atoms with Crippen LogP contribution >= 0.6 is 11.6 Å². The Hall–Kier alpha value is -0.760. The Bertz CT molecular complexity index is 263. The van der Waals surface area contributed by atoms with Gasteiger partial charge in [0.2, 0.25) is 0 Å². The summed E-state index contributed by atoms with van der Waals surface area (Å²) in [7, 11) is 1.51. The van der Waals surface area contributed by atoms with Crippen molar-refractivity contribution in [3.63, 3.8) is 0 Å². The van der Waals surface area contributed by atoms with E-state index in [1.54, 1.807) is 12.1 Å². The Morgan fingerprint density at radius 2 is 2.25 bits per heavy atom. The molecule has 0 heterocycles. The molecular weight excluding hydrogens is 179 g/mol. The molecule has 1 rings (SSSR count). The van der Waals surface area contributed by atoms with Gasteiger partial charge >= 0.3 is 0 Å². The second-order valence-corrected chi connectivity index (χ2v) is 2.77. The number of rotatable bonds is 3. The van der Waals surface area contributed by atoms with Crippen molar-refractivity contribution in [1.29, 1.82) is 0 Å². The molecule has 0 bridgehead atoms. The largest absolute Gasteiger partial charge is 0.497 e. The highest BCUT2D eigenvalue weighted by Crippen LogP contribution is 2.16. The molecule has 0 aliphatic carbocycles. The number of alkyl halides is 1. The summed E-state index contributed by atoms with van der Waals surface area (Å²) in [6, 6.07) is 4.78. The van der Waals surface area contributed by atoms with Gasteiger partial charge in [0.15, 0.2) is 0 Å². The number of ether oxygens (including phenoxy) is 1. The number of aryl methyl sites for hydroxylation is 1. The van der Waals surface area contributed by atoms with Crippen LogP contribution in [0.15, 0.2) is 18.2 Å². The highest BCUT2D eigenvalue weighted by atomic mass is 35.5. The van der Waals surface area contributed by atoms with Gasteiger partial charge in [-0.3, -0.25) is 0 Å². The summed E-state index contributed by atoms with van der Waals surface area (Å²) in [5, 5.41) is 0. The zero-order chi connectivity index (χ0) is 8.97. The van der Waals surface area contributed by atoms with Crippen LogP contribution in [-0.2, 0) is 6.42 Å². The van der Waals surface area contributed by atoms with Crippen molar-refractivity contribution in [2.75, 3.05) is 13.0 Å². The Kier molecular flexibility index (Phi) is 3.35. The van der Waals surface area contributed by atoms with Crippen molar-refractivity contribution in [2.45, 2.75) is 6.42 Å². The monoisotopic (exact) mass is 188 g/mol. The molecule has 0 fully saturated rings. The molecule has 0 atom stereocenters. The van der Waals surface area contributed by atoms with Crippen molar-refractivity contribution < 1.29 is 9.13 Å². The summed E-state index contributed by atoms with van der Waals surface area (Å²) in [5.41, 5.74) is 0.630. The zero-order valence-electron chi connectivity index (χ0n) is 6.81. The minimum absolute atomic E-state index is 0.255. The van der Waals surface area contributed by atoms with Crippen LogP contribution in [0, 0.1) is 5.82 Å². The predicted octanol–water partition coefficient (Wildman–Crippen LogP) is 2.62. The van der Waals surface area contributed by atoms with Crippen LogP contribution in [0.1, 0.15) is 5.56 Å². The second kappa shape index (κ2) is 4.31. The molecule has 3 heteroatoms. The van der Waals surface area contributed by atoms with Gasteiger partial charge in [-0.2, -0.15) is 0 Å². The fraction of sp³-hybridized carbons (Fsp3) is 0.333. The first-order chi connectivity index (χ1) is 5.77. The maximum atomic E-state index is 13.1. The SMILES string of the molecule is COc1ccc(CCCl)c(F)c1. The van der Waals surface area contributed by atoms with Crippen LogP contribution in [0.25, 0.3) is 0 Å². The first-order valence-electron chi connectivity index (χ1n) is 3.66.